The van der Waals surface area contributed by atoms with E-state index in [0.29, 0.717) is 23.6 Å². The Labute approximate surface area is 146 Å². The maximum absolute atomic E-state index is 12.1. The molecule has 0 spiro atoms. The third kappa shape index (κ3) is 5.69. The number of benzene rings is 2. The summed E-state index contributed by atoms with van der Waals surface area (Å²) in [5.41, 5.74) is 1.83. The largest absolute Gasteiger partial charge is 0.489 e. The Hall–Kier alpha value is -3.28. The van der Waals surface area contributed by atoms with Crippen molar-refractivity contribution in [2.24, 2.45) is 0 Å². The maximum atomic E-state index is 12.1. The first-order valence-electron chi connectivity index (χ1n) is 7.82. The molecule has 0 atom stereocenters. The van der Waals surface area contributed by atoms with Gasteiger partial charge in [0.25, 0.3) is 5.91 Å². The highest BCUT2D eigenvalue weighted by molar-refractivity contribution is 5.98. The molecule has 25 heavy (non-hydrogen) atoms. The van der Waals surface area contributed by atoms with E-state index < -0.39 is 0 Å². The minimum atomic E-state index is -0.216. The van der Waals surface area contributed by atoms with Crippen molar-refractivity contribution < 1.29 is 14.3 Å². The molecule has 6 heteroatoms. The van der Waals surface area contributed by atoms with Gasteiger partial charge in [-0.05, 0) is 30.3 Å². The molecule has 0 bridgehead atoms. The molecule has 0 aromatic heterocycles. The number of carbonyl (C=O) groups excluding carboxylic acids is 2. The number of hydrogen-bond acceptors (Lipinski definition) is 4. The normalized spacial score (nSPS) is 9.80. The summed E-state index contributed by atoms with van der Waals surface area (Å²) < 4.78 is 5.45. The summed E-state index contributed by atoms with van der Waals surface area (Å²) in [5.74, 6) is 0.278. The summed E-state index contributed by atoms with van der Waals surface area (Å²) in [4.78, 5) is 23.7. The molecule has 130 valence electrons. The Bertz CT molecular complexity index is 759. The Morgan fingerprint density at radius 1 is 1.12 bits per heavy atom. The van der Waals surface area contributed by atoms with Crippen molar-refractivity contribution in [2.45, 2.75) is 0 Å². The molecule has 0 fully saturated rings. The van der Waals surface area contributed by atoms with Crippen LogP contribution in [0.25, 0.3) is 0 Å². The second-order valence-electron chi connectivity index (χ2n) is 5.19. The fourth-order valence-electron chi connectivity index (χ4n) is 2.12. The first kappa shape index (κ1) is 18.1. The average Bonchev–Trinajstić information content (AvgIpc) is 2.64. The lowest BCUT2D eigenvalue weighted by Crippen LogP contribution is -2.22. The summed E-state index contributed by atoms with van der Waals surface area (Å²) in [6.07, 6.45) is 1.67. The van der Waals surface area contributed by atoms with E-state index in [0.717, 1.165) is 5.69 Å². The zero-order valence-electron chi connectivity index (χ0n) is 14.0. The standard InChI is InChI=1S/C19H21N3O3/c1-3-10-25-17-9-5-7-15(12-17)21-13-18(23)22-16-8-4-6-14(11-16)19(24)20-2/h3-9,11-12,21H,1,10,13H2,2H3,(H,20,24)(H,22,23). The molecule has 2 aromatic carbocycles. The van der Waals surface area contributed by atoms with Gasteiger partial charge in [-0.25, -0.2) is 0 Å². The number of carbonyl (C=O) groups is 2. The monoisotopic (exact) mass is 339 g/mol. The lowest BCUT2D eigenvalue weighted by atomic mass is 10.2. The molecule has 6 nitrogen and oxygen atoms in total. The van der Waals surface area contributed by atoms with Gasteiger partial charge in [-0.15, -0.1) is 0 Å². The van der Waals surface area contributed by atoms with Gasteiger partial charge in [-0.2, -0.15) is 0 Å². The lowest BCUT2D eigenvalue weighted by Gasteiger charge is -2.10. The van der Waals surface area contributed by atoms with Crippen LogP contribution < -0.4 is 20.7 Å². The van der Waals surface area contributed by atoms with Crippen molar-refractivity contribution in [1.29, 1.82) is 0 Å². The predicted molar refractivity (Wildman–Crippen MR) is 99.1 cm³/mol. The van der Waals surface area contributed by atoms with E-state index in [-0.39, 0.29) is 18.4 Å². The molecule has 2 rings (SSSR count). The minimum Gasteiger partial charge on any atom is -0.489 e. The van der Waals surface area contributed by atoms with Crippen LogP contribution in [0.2, 0.25) is 0 Å². The van der Waals surface area contributed by atoms with Crippen LogP contribution in [0.15, 0.2) is 61.2 Å². The zero-order chi connectivity index (χ0) is 18.1. The molecule has 0 aliphatic carbocycles. The van der Waals surface area contributed by atoms with Gasteiger partial charge in [0.05, 0.1) is 6.54 Å². The smallest absolute Gasteiger partial charge is 0.251 e. The highest BCUT2D eigenvalue weighted by atomic mass is 16.5. The predicted octanol–water partition coefficient (Wildman–Crippen LogP) is 2.66. The Morgan fingerprint density at radius 3 is 2.64 bits per heavy atom. The second-order valence-corrected chi connectivity index (χ2v) is 5.19. The van der Waals surface area contributed by atoms with Gasteiger partial charge in [0.1, 0.15) is 12.4 Å². The van der Waals surface area contributed by atoms with E-state index in [9.17, 15) is 9.59 Å². The van der Waals surface area contributed by atoms with Gasteiger partial charge < -0.3 is 20.7 Å². The lowest BCUT2D eigenvalue weighted by molar-refractivity contribution is -0.114. The summed E-state index contributed by atoms with van der Waals surface area (Å²) in [7, 11) is 1.56. The van der Waals surface area contributed by atoms with Crippen molar-refractivity contribution in [3.05, 3.63) is 66.7 Å². The molecule has 0 unspecified atom stereocenters. The molecule has 0 saturated heterocycles. The fourth-order valence-corrected chi connectivity index (χ4v) is 2.12. The molecule has 2 amide bonds. The molecule has 0 saturated carbocycles. The second kappa shape index (κ2) is 9.12. The summed E-state index contributed by atoms with van der Waals surface area (Å²) in [6.45, 7) is 4.12. The third-order valence-electron chi connectivity index (χ3n) is 3.29. The van der Waals surface area contributed by atoms with Gasteiger partial charge in [0.15, 0.2) is 0 Å². The van der Waals surface area contributed by atoms with Gasteiger partial charge in [0, 0.05) is 30.1 Å². The van der Waals surface area contributed by atoms with Crippen LogP contribution in [0.1, 0.15) is 10.4 Å². The van der Waals surface area contributed by atoms with E-state index in [4.69, 9.17) is 4.74 Å². The van der Waals surface area contributed by atoms with E-state index in [2.05, 4.69) is 22.5 Å². The minimum absolute atomic E-state index is 0.0924. The highest BCUT2D eigenvalue weighted by Gasteiger charge is 2.06. The molecule has 2 aromatic rings. The quantitative estimate of drug-likeness (QED) is 0.646. The van der Waals surface area contributed by atoms with Crippen LogP contribution in [0.4, 0.5) is 11.4 Å². The number of nitrogens with one attached hydrogen (secondary N) is 3. The first-order chi connectivity index (χ1) is 12.1. The molecule has 0 radical (unpaired) electrons. The Balaban J connectivity index is 1.90. The van der Waals surface area contributed by atoms with Crippen molar-refractivity contribution in [3.63, 3.8) is 0 Å². The van der Waals surface area contributed by atoms with Crippen LogP contribution in [-0.4, -0.2) is 32.0 Å². The number of amides is 2. The maximum Gasteiger partial charge on any atom is 0.251 e. The van der Waals surface area contributed by atoms with Crippen molar-refractivity contribution in [1.82, 2.24) is 5.32 Å². The van der Waals surface area contributed by atoms with E-state index in [1.165, 1.54) is 0 Å². The van der Waals surface area contributed by atoms with Crippen LogP contribution in [0, 0.1) is 0 Å². The van der Waals surface area contributed by atoms with E-state index in [1.54, 1.807) is 37.4 Å². The van der Waals surface area contributed by atoms with Crippen LogP contribution in [0.3, 0.4) is 0 Å². The van der Waals surface area contributed by atoms with Gasteiger partial charge >= 0.3 is 0 Å². The molecule has 3 N–H and O–H groups in total. The molecule has 0 aliphatic rings. The topological polar surface area (TPSA) is 79.5 Å². The van der Waals surface area contributed by atoms with Crippen molar-refractivity contribution in [3.8, 4) is 5.75 Å². The van der Waals surface area contributed by atoms with Gasteiger partial charge in [0.2, 0.25) is 5.91 Å². The van der Waals surface area contributed by atoms with Crippen LogP contribution in [-0.2, 0) is 4.79 Å². The number of anilines is 2. The van der Waals surface area contributed by atoms with Crippen LogP contribution in [0.5, 0.6) is 5.75 Å². The average molecular weight is 339 g/mol. The summed E-state index contributed by atoms with van der Waals surface area (Å²) >= 11 is 0. The van der Waals surface area contributed by atoms with Crippen LogP contribution >= 0.6 is 0 Å². The van der Waals surface area contributed by atoms with E-state index in [1.807, 2.05) is 24.3 Å². The Kier molecular flexibility index (Phi) is 6.59. The fraction of sp³-hybridized carbons (Fsp3) is 0.158. The van der Waals surface area contributed by atoms with Crippen molar-refractivity contribution in [2.75, 3.05) is 30.8 Å². The summed E-state index contributed by atoms with van der Waals surface area (Å²) in [5, 5.41) is 8.33. The highest BCUT2D eigenvalue weighted by Crippen LogP contribution is 2.17. The Morgan fingerprint density at radius 2 is 1.88 bits per heavy atom. The molecular weight excluding hydrogens is 318 g/mol. The number of hydrogen-bond donors (Lipinski definition) is 3. The van der Waals surface area contributed by atoms with E-state index >= 15 is 0 Å². The SMILES string of the molecule is C=CCOc1cccc(NCC(=O)Nc2cccc(C(=O)NC)c2)c1. The first-order valence-corrected chi connectivity index (χ1v) is 7.82. The number of ether oxygens (including phenoxy) is 1. The third-order valence-corrected chi connectivity index (χ3v) is 3.29. The van der Waals surface area contributed by atoms with Crippen molar-refractivity contribution >= 4 is 23.2 Å². The van der Waals surface area contributed by atoms with Gasteiger partial charge in [-0.1, -0.05) is 24.8 Å². The molecule has 0 aliphatic heterocycles. The molecule has 0 heterocycles. The summed E-state index contributed by atoms with van der Waals surface area (Å²) in [6, 6.07) is 14.1. The number of rotatable bonds is 8. The molecular formula is C19H21N3O3. The zero-order valence-corrected chi connectivity index (χ0v) is 14.0. The van der Waals surface area contributed by atoms with Gasteiger partial charge in [-0.3, -0.25) is 9.59 Å².